The molecule has 92 valence electrons. The van der Waals surface area contributed by atoms with Crippen LogP contribution in [-0.4, -0.2) is 15.1 Å². The van der Waals surface area contributed by atoms with Crippen LogP contribution in [0.3, 0.4) is 0 Å². The Kier molecular flexibility index (Phi) is 4.54. The normalized spacial score (nSPS) is 12.4. The molecule has 0 unspecified atom stereocenters. The smallest absolute Gasteiger partial charge is 0.0948 e. The second-order valence-electron chi connectivity index (χ2n) is 5.18. The van der Waals surface area contributed by atoms with Gasteiger partial charge >= 0.3 is 0 Å². The van der Waals surface area contributed by atoms with Gasteiger partial charge in [0, 0.05) is 24.0 Å². The molecule has 0 fully saturated rings. The van der Waals surface area contributed by atoms with Crippen molar-refractivity contribution in [1.29, 1.82) is 0 Å². The number of hydrogen-bond acceptors (Lipinski definition) is 2. The van der Waals surface area contributed by atoms with Gasteiger partial charge in [-0.15, -0.1) is 0 Å². The summed E-state index contributed by atoms with van der Waals surface area (Å²) in [5.74, 6) is 0.658. The Morgan fingerprint density at radius 2 is 2.00 bits per heavy atom. The minimum absolute atomic E-state index is 0.0908. The molecule has 2 N–H and O–H groups in total. The van der Waals surface area contributed by atoms with Crippen molar-refractivity contribution in [2.45, 2.75) is 59.0 Å². The molecule has 0 bridgehead atoms. The molecule has 0 saturated heterocycles. The lowest BCUT2D eigenvalue weighted by molar-refractivity contribution is 0.333. The predicted octanol–water partition coefficient (Wildman–Crippen LogP) is 2.60. The van der Waals surface area contributed by atoms with Crippen molar-refractivity contribution in [1.82, 2.24) is 9.55 Å². The van der Waals surface area contributed by atoms with Gasteiger partial charge in [-0.05, 0) is 25.2 Å². The highest BCUT2D eigenvalue weighted by molar-refractivity contribution is 5.01. The molecule has 1 heterocycles. The predicted molar refractivity (Wildman–Crippen MR) is 68.3 cm³/mol. The first-order valence-electron chi connectivity index (χ1n) is 6.28. The van der Waals surface area contributed by atoms with Gasteiger partial charge in [0.2, 0.25) is 0 Å². The molecule has 1 rings (SSSR count). The van der Waals surface area contributed by atoms with E-state index in [9.17, 15) is 0 Å². The SMILES string of the molecule is CCC(N)(CC)Cn1cncc1CC(C)C. The van der Waals surface area contributed by atoms with E-state index >= 15 is 0 Å². The fraction of sp³-hybridized carbons (Fsp3) is 0.769. The third-order valence-corrected chi connectivity index (χ3v) is 3.31. The Labute approximate surface area is 99.1 Å². The lowest BCUT2D eigenvalue weighted by Crippen LogP contribution is -2.42. The maximum absolute atomic E-state index is 6.34. The van der Waals surface area contributed by atoms with Crippen molar-refractivity contribution >= 4 is 0 Å². The molecular weight excluding hydrogens is 198 g/mol. The Morgan fingerprint density at radius 3 is 2.50 bits per heavy atom. The van der Waals surface area contributed by atoms with E-state index < -0.39 is 0 Å². The van der Waals surface area contributed by atoms with E-state index in [2.05, 4.69) is 37.2 Å². The molecule has 0 radical (unpaired) electrons. The van der Waals surface area contributed by atoms with Crippen molar-refractivity contribution < 1.29 is 0 Å². The summed E-state index contributed by atoms with van der Waals surface area (Å²) in [5, 5.41) is 0. The van der Waals surface area contributed by atoms with Gasteiger partial charge in [-0.2, -0.15) is 0 Å². The van der Waals surface area contributed by atoms with Gasteiger partial charge in [-0.3, -0.25) is 0 Å². The van der Waals surface area contributed by atoms with Crippen molar-refractivity contribution in [3.05, 3.63) is 18.2 Å². The summed E-state index contributed by atoms with van der Waals surface area (Å²) in [6.07, 6.45) is 6.95. The first-order chi connectivity index (χ1) is 7.50. The molecule has 0 saturated carbocycles. The third kappa shape index (κ3) is 3.34. The van der Waals surface area contributed by atoms with Crippen molar-refractivity contribution in [3.63, 3.8) is 0 Å². The minimum Gasteiger partial charge on any atom is -0.333 e. The highest BCUT2D eigenvalue weighted by atomic mass is 15.1. The highest BCUT2D eigenvalue weighted by Gasteiger charge is 2.21. The molecule has 0 aliphatic rings. The van der Waals surface area contributed by atoms with Crippen LogP contribution in [0.1, 0.15) is 46.2 Å². The molecule has 1 aromatic heterocycles. The Balaban J connectivity index is 2.76. The van der Waals surface area contributed by atoms with Crippen LogP contribution in [0.4, 0.5) is 0 Å². The van der Waals surface area contributed by atoms with Gasteiger partial charge in [-0.1, -0.05) is 27.7 Å². The molecule has 3 nitrogen and oxygen atoms in total. The van der Waals surface area contributed by atoms with Crippen molar-refractivity contribution in [2.24, 2.45) is 11.7 Å². The molecule has 0 spiro atoms. The van der Waals surface area contributed by atoms with Gasteiger partial charge in [0.05, 0.1) is 6.33 Å². The second kappa shape index (κ2) is 5.48. The van der Waals surface area contributed by atoms with Crippen LogP contribution in [0.25, 0.3) is 0 Å². The molecular formula is C13H25N3. The minimum atomic E-state index is -0.0908. The molecule has 16 heavy (non-hydrogen) atoms. The fourth-order valence-corrected chi connectivity index (χ4v) is 1.89. The Morgan fingerprint density at radius 1 is 1.38 bits per heavy atom. The number of nitrogens with zero attached hydrogens (tertiary/aromatic N) is 2. The van der Waals surface area contributed by atoms with Crippen molar-refractivity contribution in [2.75, 3.05) is 0 Å². The molecule has 0 atom stereocenters. The van der Waals surface area contributed by atoms with Gasteiger partial charge in [-0.25, -0.2) is 4.98 Å². The number of rotatable bonds is 6. The summed E-state index contributed by atoms with van der Waals surface area (Å²) in [4.78, 5) is 4.24. The average Bonchev–Trinajstić information content (AvgIpc) is 2.64. The zero-order valence-electron chi connectivity index (χ0n) is 11.0. The van der Waals surface area contributed by atoms with Gasteiger partial charge in [0.25, 0.3) is 0 Å². The van der Waals surface area contributed by atoms with E-state index in [4.69, 9.17) is 5.73 Å². The number of nitrogens with two attached hydrogens (primary N) is 1. The number of imidazole rings is 1. The number of hydrogen-bond donors (Lipinski definition) is 1. The average molecular weight is 223 g/mol. The van der Waals surface area contributed by atoms with E-state index in [1.54, 1.807) is 0 Å². The van der Waals surface area contributed by atoms with Crippen LogP contribution < -0.4 is 5.73 Å². The summed E-state index contributed by atoms with van der Waals surface area (Å²) in [5.41, 5.74) is 7.55. The van der Waals surface area contributed by atoms with Crippen LogP contribution in [0.2, 0.25) is 0 Å². The zero-order chi connectivity index (χ0) is 12.2. The van der Waals surface area contributed by atoms with Crippen LogP contribution in [0, 0.1) is 5.92 Å². The summed E-state index contributed by atoms with van der Waals surface area (Å²) < 4.78 is 2.22. The van der Waals surface area contributed by atoms with Gasteiger partial charge in [0.15, 0.2) is 0 Å². The quantitative estimate of drug-likeness (QED) is 0.805. The Bertz CT molecular complexity index is 311. The molecule has 0 aromatic carbocycles. The standard InChI is InChI=1S/C13H25N3/c1-5-13(14,6-2)9-16-10-15-8-12(16)7-11(3)4/h8,10-11H,5-7,9,14H2,1-4H3. The first-order valence-corrected chi connectivity index (χ1v) is 6.28. The summed E-state index contributed by atoms with van der Waals surface area (Å²) >= 11 is 0. The zero-order valence-corrected chi connectivity index (χ0v) is 11.0. The molecule has 3 heteroatoms. The van der Waals surface area contributed by atoms with E-state index in [1.165, 1.54) is 5.69 Å². The molecule has 1 aromatic rings. The van der Waals surface area contributed by atoms with Gasteiger partial charge < -0.3 is 10.3 Å². The van der Waals surface area contributed by atoms with Crippen LogP contribution >= 0.6 is 0 Å². The highest BCUT2D eigenvalue weighted by Crippen LogP contribution is 2.17. The second-order valence-corrected chi connectivity index (χ2v) is 5.18. The molecule has 0 amide bonds. The van der Waals surface area contributed by atoms with E-state index in [1.807, 2.05) is 12.5 Å². The van der Waals surface area contributed by atoms with E-state index in [0.29, 0.717) is 5.92 Å². The van der Waals surface area contributed by atoms with Crippen molar-refractivity contribution in [3.8, 4) is 0 Å². The van der Waals surface area contributed by atoms with Crippen LogP contribution in [0.15, 0.2) is 12.5 Å². The van der Waals surface area contributed by atoms with E-state index in [0.717, 1.165) is 25.8 Å². The van der Waals surface area contributed by atoms with E-state index in [-0.39, 0.29) is 5.54 Å². The maximum atomic E-state index is 6.34. The lowest BCUT2D eigenvalue weighted by Gasteiger charge is -2.28. The topological polar surface area (TPSA) is 43.8 Å². The molecule has 0 aliphatic carbocycles. The Hall–Kier alpha value is -0.830. The largest absolute Gasteiger partial charge is 0.333 e. The first kappa shape index (κ1) is 13.2. The molecule has 0 aliphatic heterocycles. The third-order valence-electron chi connectivity index (χ3n) is 3.31. The number of aromatic nitrogens is 2. The summed E-state index contributed by atoms with van der Waals surface area (Å²) in [6, 6.07) is 0. The van der Waals surface area contributed by atoms with Crippen LogP contribution in [0.5, 0.6) is 0 Å². The fourth-order valence-electron chi connectivity index (χ4n) is 1.89. The van der Waals surface area contributed by atoms with Gasteiger partial charge in [0.1, 0.15) is 0 Å². The maximum Gasteiger partial charge on any atom is 0.0948 e. The lowest BCUT2D eigenvalue weighted by atomic mass is 9.94. The monoisotopic (exact) mass is 223 g/mol. The van der Waals surface area contributed by atoms with Crippen LogP contribution in [-0.2, 0) is 13.0 Å². The summed E-state index contributed by atoms with van der Waals surface area (Å²) in [7, 11) is 0. The summed E-state index contributed by atoms with van der Waals surface area (Å²) in [6.45, 7) is 9.65.